The van der Waals surface area contributed by atoms with E-state index < -0.39 is 0 Å². The maximum Gasteiger partial charge on any atom is 0.268 e. The Labute approximate surface area is 64.1 Å². The second-order valence-electron chi connectivity index (χ2n) is 2.42. The van der Waals surface area contributed by atoms with E-state index in [2.05, 4.69) is 10.3 Å². The minimum absolute atomic E-state index is 0.0324. The second kappa shape index (κ2) is 2.27. The number of aromatic amines is 1. The van der Waals surface area contributed by atoms with Crippen LogP contribution >= 0.6 is 0 Å². The molecule has 3 heteroatoms. The van der Waals surface area contributed by atoms with Gasteiger partial charge in [-0.3, -0.25) is 4.79 Å². The highest BCUT2D eigenvalue weighted by molar-refractivity contribution is 5.96. The summed E-state index contributed by atoms with van der Waals surface area (Å²) in [5.74, 6) is -0.0324. The minimum Gasteiger partial charge on any atom is -0.357 e. The molecular weight excluding hydrogens is 140 g/mol. The number of hydrogen-bond donors (Lipinski definition) is 2. The average Bonchev–Trinajstić information content (AvgIpc) is 2.40. The summed E-state index contributed by atoms with van der Waals surface area (Å²) in [5.41, 5.74) is 1.61. The van der Waals surface area contributed by atoms with E-state index in [0.29, 0.717) is 12.2 Å². The smallest absolute Gasteiger partial charge is 0.268 e. The molecule has 1 amide bonds. The first-order valence-electron chi connectivity index (χ1n) is 3.50. The Balaban J connectivity index is 2.53. The predicted octanol–water partition coefficient (Wildman–Crippen LogP) is 0.771. The molecule has 0 atom stereocenters. The van der Waals surface area contributed by atoms with E-state index in [1.165, 1.54) is 0 Å². The standard InChI is InChI=1S/C8H8N2O/c11-8-7-6(3-5-9-7)2-1-4-10-8/h1-3,5,9H,4H2,(H,10,11). The summed E-state index contributed by atoms with van der Waals surface area (Å²) in [7, 11) is 0. The van der Waals surface area contributed by atoms with E-state index >= 15 is 0 Å². The van der Waals surface area contributed by atoms with E-state index in [4.69, 9.17) is 0 Å². The van der Waals surface area contributed by atoms with Crippen molar-refractivity contribution in [2.24, 2.45) is 0 Å². The van der Waals surface area contributed by atoms with Crippen molar-refractivity contribution in [1.82, 2.24) is 10.3 Å². The molecule has 56 valence electrons. The van der Waals surface area contributed by atoms with Crippen LogP contribution in [-0.4, -0.2) is 17.4 Å². The Hall–Kier alpha value is -1.51. The minimum atomic E-state index is -0.0324. The van der Waals surface area contributed by atoms with Gasteiger partial charge in [0.05, 0.1) is 0 Å². The van der Waals surface area contributed by atoms with Crippen LogP contribution in [0.4, 0.5) is 0 Å². The first-order valence-corrected chi connectivity index (χ1v) is 3.50. The van der Waals surface area contributed by atoms with Crippen molar-refractivity contribution in [2.45, 2.75) is 0 Å². The topological polar surface area (TPSA) is 44.9 Å². The number of amides is 1. The van der Waals surface area contributed by atoms with Gasteiger partial charge in [-0.25, -0.2) is 0 Å². The van der Waals surface area contributed by atoms with Crippen molar-refractivity contribution in [3.63, 3.8) is 0 Å². The molecule has 0 saturated heterocycles. The van der Waals surface area contributed by atoms with Crippen LogP contribution in [0.3, 0.4) is 0 Å². The summed E-state index contributed by atoms with van der Waals surface area (Å²) in [6.07, 6.45) is 5.63. The van der Waals surface area contributed by atoms with Crippen molar-refractivity contribution in [1.29, 1.82) is 0 Å². The van der Waals surface area contributed by atoms with Gasteiger partial charge in [-0.15, -0.1) is 0 Å². The lowest BCUT2D eigenvalue weighted by Gasteiger charge is -1.96. The van der Waals surface area contributed by atoms with Crippen molar-refractivity contribution in [2.75, 3.05) is 6.54 Å². The third-order valence-electron chi connectivity index (χ3n) is 1.68. The fourth-order valence-corrected chi connectivity index (χ4v) is 1.14. The van der Waals surface area contributed by atoms with Crippen LogP contribution in [0, 0.1) is 0 Å². The van der Waals surface area contributed by atoms with E-state index in [-0.39, 0.29) is 5.91 Å². The van der Waals surface area contributed by atoms with Crippen LogP contribution in [0.25, 0.3) is 6.08 Å². The molecule has 0 aromatic carbocycles. The number of carbonyl (C=O) groups excluding carboxylic acids is 1. The number of fused-ring (bicyclic) bond motifs is 1. The Kier molecular flexibility index (Phi) is 1.28. The molecule has 0 fully saturated rings. The van der Waals surface area contributed by atoms with Gasteiger partial charge in [0.1, 0.15) is 5.69 Å². The van der Waals surface area contributed by atoms with E-state index in [0.717, 1.165) is 5.56 Å². The third-order valence-corrected chi connectivity index (χ3v) is 1.68. The molecule has 1 aliphatic heterocycles. The number of aromatic nitrogens is 1. The number of carbonyl (C=O) groups is 1. The monoisotopic (exact) mass is 148 g/mol. The fourth-order valence-electron chi connectivity index (χ4n) is 1.14. The summed E-state index contributed by atoms with van der Waals surface area (Å²) in [6, 6.07) is 1.89. The van der Waals surface area contributed by atoms with Gasteiger partial charge in [0.2, 0.25) is 0 Å². The number of rotatable bonds is 0. The molecular formula is C8H8N2O. The average molecular weight is 148 g/mol. The summed E-state index contributed by atoms with van der Waals surface area (Å²) >= 11 is 0. The molecule has 0 unspecified atom stereocenters. The third kappa shape index (κ3) is 0.941. The largest absolute Gasteiger partial charge is 0.357 e. The first kappa shape index (κ1) is 6.22. The SMILES string of the molecule is O=C1NCC=Cc2cc[nH]c21. The van der Waals surface area contributed by atoms with Crippen molar-refractivity contribution < 1.29 is 4.79 Å². The highest BCUT2D eigenvalue weighted by Gasteiger charge is 2.11. The summed E-state index contributed by atoms with van der Waals surface area (Å²) in [4.78, 5) is 14.1. The molecule has 0 saturated carbocycles. The first-order chi connectivity index (χ1) is 5.38. The highest BCUT2D eigenvalue weighted by atomic mass is 16.1. The summed E-state index contributed by atoms with van der Waals surface area (Å²) < 4.78 is 0. The Morgan fingerprint density at radius 2 is 2.36 bits per heavy atom. The van der Waals surface area contributed by atoms with Crippen molar-refractivity contribution in [3.8, 4) is 0 Å². The van der Waals surface area contributed by atoms with E-state index in [1.54, 1.807) is 6.20 Å². The van der Waals surface area contributed by atoms with Crippen LogP contribution in [0.2, 0.25) is 0 Å². The Morgan fingerprint density at radius 3 is 3.27 bits per heavy atom. The van der Waals surface area contributed by atoms with Crippen LogP contribution in [0.1, 0.15) is 16.1 Å². The molecule has 2 heterocycles. The molecule has 3 nitrogen and oxygen atoms in total. The lowest BCUT2D eigenvalue weighted by atomic mass is 10.2. The zero-order chi connectivity index (χ0) is 7.68. The maximum absolute atomic E-state index is 11.2. The molecule has 0 aliphatic carbocycles. The molecule has 2 N–H and O–H groups in total. The van der Waals surface area contributed by atoms with Crippen molar-refractivity contribution in [3.05, 3.63) is 29.6 Å². The zero-order valence-corrected chi connectivity index (χ0v) is 5.92. The van der Waals surface area contributed by atoms with Gasteiger partial charge in [0.25, 0.3) is 5.91 Å². The van der Waals surface area contributed by atoms with Crippen LogP contribution in [-0.2, 0) is 0 Å². The lowest BCUT2D eigenvalue weighted by Crippen LogP contribution is -2.22. The summed E-state index contributed by atoms with van der Waals surface area (Å²) in [5, 5.41) is 2.73. The number of nitrogens with one attached hydrogen (secondary N) is 2. The summed E-state index contributed by atoms with van der Waals surface area (Å²) in [6.45, 7) is 0.612. The van der Waals surface area contributed by atoms with E-state index in [1.807, 2.05) is 18.2 Å². The van der Waals surface area contributed by atoms with Gasteiger partial charge in [-0.05, 0) is 6.07 Å². The number of H-pyrrole nitrogens is 1. The molecule has 1 aromatic heterocycles. The maximum atomic E-state index is 11.2. The Morgan fingerprint density at radius 1 is 1.45 bits per heavy atom. The van der Waals surface area contributed by atoms with Crippen molar-refractivity contribution >= 4 is 12.0 Å². The van der Waals surface area contributed by atoms with Gasteiger partial charge in [0.15, 0.2) is 0 Å². The second-order valence-corrected chi connectivity index (χ2v) is 2.42. The van der Waals surface area contributed by atoms with Gasteiger partial charge in [-0.2, -0.15) is 0 Å². The van der Waals surface area contributed by atoms with Gasteiger partial charge >= 0.3 is 0 Å². The van der Waals surface area contributed by atoms with Crippen LogP contribution in [0.15, 0.2) is 18.3 Å². The van der Waals surface area contributed by atoms with Gasteiger partial charge < -0.3 is 10.3 Å². The lowest BCUT2D eigenvalue weighted by molar-refractivity contribution is 0.0954. The molecule has 0 spiro atoms. The Bertz CT molecular complexity index is 312. The molecule has 0 radical (unpaired) electrons. The van der Waals surface area contributed by atoms with Gasteiger partial charge in [-0.1, -0.05) is 12.2 Å². The molecule has 0 bridgehead atoms. The van der Waals surface area contributed by atoms with Crippen LogP contribution < -0.4 is 5.32 Å². The number of hydrogen-bond acceptors (Lipinski definition) is 1. The molecule has 1 aromatic rings. The van der Waals surface area contributed by atoms with Crippen LogP contribution in [0.5, 0.6) is 0 Å². The van der Waals surface area contributed by atoms with Gasteiger partial charge in [0, 0.05) is 18.3 Å². The quantitative estimate of drug-likeness (QED) is 0.560. The predicted molar refractivity (Wildman–Crippen MR) is 42.2 cm³/mol. The highest BCUT2D eigenvalue weighted by Crippen LogP contribution is 2.10. The molecule has 11 heavy (non-hydrogen) atoms. The molecule has 1 aliphatic rings. The molecule has 2 rings (SSSR count). The fraction of sp³-hybridized carbons (Fsp3) is 0.125. The van der Waals surface area contributed by atoms with E-state index in [9.17, 15) is 4.79 Å². The normalized spacial score (nSPS) is 15.5. The zero-order valence-electron chi connectivity index (χ0n) is 5.92.